The highest BCUT2D eigenvalue weighted by Gasteiger charge is 2.27. The Labute approximate surface area is 119 Å². The summed E-state index contributed by atoms with van der Waals surface area (Å²) in [6, 6.07) is -2.67. The number of nitrogens with two attached hydrogens (primary N) is 2. The molecule has 0 aliphatic heterocycles. The predicted octanol–water partition coefficient (Wildman–Crippen LogP) is -3.02. The molecule has 0 saturated carbocycles. The van der Waals surface area contributed by atoms with Crippen LogP contribution in [-0.2, 0) is 23.9 Å². The number of nitrogens with one attached hydrogen (secondary N) is 1. The first-order chi connectivity index (χ1) is 9.67. The first-order valence-corrected chi connectivity index (χ1v) is 5.59. The lowest BCUT2D eigenvalue weighted by Gasteiger charge is -2.22. The van der Waals surface area contributed by atoms with E-state index in [9.17, 15) is 24.0 Å². The second-order valence-electron chi connectivity index (χ2n) is 3.91. The SMILES string of the molecule is COC(=O)C[C@H](NC(=O)N(CC(N)=O)CC(N)=O)C(=O)O. The molecule has 0 fully saturated rings. The number of methoxy groups -OCH3 is 1. The molecular formula is C10H16N4O7. The highest BCUT2D eigenvalue weighted by atomic mass is 16.5. The molecule has 11 nitrogen and oxygen atoms in total. The molecule has 0 unspecified atom stereocenters. The molecule has 6 N–H and O–H groups in total. The number of rotatable bonds is 8. The molecule has 0 aliphatic carbocycles. The maximum atomic E-state index is 11.8. The normalized spacial score (nSPS) is 11.1. The van der Waals surface area contributed by atoms with Crippen molar-refractivity contribution in [2.75, 3.05) is 20.2 Å². The number of esters is 1. The Bertz CT molecular complexity index is 435. The average Bonchev–Trinajstić information content (AvgIpc) is 2.35. The number of carboxylic acids is 1. The molecule has 1 atom stereocenters. The van der Waals surface area contributed by atoms with Gasteiger partial charge in [-0.3, -0.25) is 14.4 Å². The number of primary amides is 2. The Hall–Kier alpha value is -2.85. The van der Waals surface area contributed by atoms with Crippen molar-refractivity contribution in [3.8, 4) is 0 Å². The minimum absolute atomic E-state index is 0.623. The number of nitrogens with zero attached hydrogens (tertiary/aromatic N) is 1. The van der Waals surface area contributed by atoms with E-state index < -0.39 is 55.3 Å². The van der Waals surface area contributed by atoms with Gasteiger partial charge in [-0.25, -0.2) is 9.59 Å². The van der Waals surface area contributed by atoms with Gasteiger partial charge in [0.05, 0.1) is 13.5 Å². The molecule has 0 saturated heterocycles. The summed E-state index contributed by atoms with van der Waals surface area (Å²) in [4.78, 5) is 56.0. The van der Waals surface area contributed by atoms with Crippen LogP contribution in [-0.4, -0.2) is 66.0 Å². The van der Waals surface area contributed by atoms with Crippen molar-refractivity contribution in [3.63, 3.8) is 0 Å². The molecule has 0 rings (SSSR count). The number of carbonyl (C=O) groups is 5. The predicted molar refractivity (Wildman–Crippen MR) is 66.6 cm³/mol. The van der Waals surface area contributed by atoms with E-state index in [1.54, 1.807) is 0 Å². The zero-order valence-corrected chi connectivity index (χ0v) is 11.2. The van der Waals surface area contributed by atoms with Crippen molar-refractivity contribution < 1.29 is 33.8 Å². The van der Waals surface area contributed by atoms with Crippen LogP contribution in [0.25, 0.3) is 0 Å². The van der Waals surface area contributed by atoms with Crippen LogP contribution in [0.3, 0.4) is 0 Å². The summed E-state index contributed by atoms with van der Waals surface area (Å²) in [5, 5.41) is 10.9. The van der Waals surface area contributed by atoms with E-state index in [4.69, 9.17) is 16.6 Å². The van der Waals surface area contributed by atoms with Gasteiger partial charge in [0, 0.05) is 0 Å². The maximum Gasteiger partial charge on any atom is 0.326 e. The number of amides is 4. The summed E-state index contributed by atoms with van der Waals surface area (Å²) in [5.74, 6) is -4.21. The van der Waals surface area contributed by atoms with Gasteiger partial charge in [-0.1, -0.05) is 0 Å². The van der Waals surface area contributed by atoms with E-state index in [1.165, 1.54) is 0 Å². The Morgan fingerprint density at radius 3 is 1.95 bits per heavy atom. The van der Waals surface area contributed by atoms with E-state index in [-0.39, 0.29) is 0 Å². The average molecular weight is 304 g/mol. The number of carbonyl (C=O) groups excluding carboxylic acids is 4. The third kappa shape index (κ3) is 7.34. The molecule has 4 amide bonds. The van der Waals surface area contributed by atoms with Crippen LogP contribution in [0.4, 0.5) is 4.79 Å². The molecule has 11 heteroatoms. The Balaban J connectivity index is 4.89. The fourth-order valence-corrected chi connectivity index (χ4v) is 1.27. The molecule has 118 valence electrons. The van der Waals surface area contributed by atoms with Crippen LogP contribution in [0.2, 0.25) is 0 Å². The fraction of sp³-hybridized carbons (Fsp3) is 0.500. The van der Waals surface area contributed by atoms with Gasteiger partial charge < -0.3 is 31.5 Å². The molecule has 0 spiro atoms. The van der Waals surface area contributed by atoms with Crippen LogP contribution in [0.5, 0.6) is 0 Å². The van der Waals surface area contributed by atoms with Crippen molar-refractivity contribution >= 4 is 29.8 Å². The quantitative estimate of drug-likeness (QED) is 0.344. The van der Waals surface area contributed by atoms with Gasteiger partial charge in [0.1, 0.15) is 19.1 Å². The summed E-state index contributed by atoms with van der Waals surface area (Å²) < 4.78 is 4.29. The zero-order valence-electron chi connectivity index (χ0n) is 11.2. The highest BCUT2D eigenvalue weighted by Crippen LogP contribution is 1.98. The maximum absolute atomic E-state index is 11.8. The lowest BCUT2D eigenvalue weighted by molar-refractivity contribution is -0.147. The van der Waals surface area contributed by atoms with Crippen molar-refractivity contribution in [3.05, 3.63) is 0 Å². The first-order valence-electron chi connectivity index (χ1n) is 5.59. The van der Waals surface area contributed by atoms with Crippen LogP contribution < -0.4 is 16.8 Å². The number of hydrogen-bond donors (Lipinski definition) is 4. The summed E-state index contributed by atoms with van der Waals surface area (Å²) >= 11 is 0. The summed E-state index contributed by atoms with van der Waals surface area (Å²) in [7, 11) is 1.05. The molecule has 0 aromatic rings. The van der Waals surface area contributed by atoms with Gasteiger partial charge in [0.2, 0.25) is 11.8 Å². The van der Waals surface area contributed by atoms with Crippen LogP contribution in [0, 0.1) is 0 Å². The molecule has 0 aromatic carbocycles. The first kappa shape index (κ1) is 18.1. The van der Waals surface area contributed by atoms with E-state index >= 15 is 0 Å². The molecule has 0 heterocycles. The van der Waals surface area contributed by atoms with E-state index in [0.717, 1.165) is 7.11 Å². The molecular weight excluding hydrogens is 288 g/mol. The summed E-state index contributed by atoms with van der Waals surface area (Å²) in [6.45, 7) is -1.28. The van der Waals surface area contributed by atoms with Gasteiger partial charge in [0.15, 0.2) is 0 Å². The molecule has 0 radical (unpaired) electrons. The van der Waals surface area contributed by atoms with Crippen molar-refractivity contribution in [2.45, 2.75) is 12.5 Å². The zero-order chi connectivity index (χ0) is 16.6. The fourth-order valence-electron chi connectivity index (χ4n) is 1.27. The summed E-state index contributed by atoms with van der Waals surface area (Å²) in [6.07, 6.45) is -0.626. The minimum Gasteiger partial charge on any atom is -0.480 e. The van der Waals surface area contributed by atoms with E-state index in [2.05, 4.69) is 4.74 Å². The third-order valence-electron chi connectivity index (χ3n) is 2.17. The van der Waals surface area contributed by atoms with Gasteiger partial charge in [-0.2, -0.15) is 0 Å². The van der Waals surface area contributed by atoms with Crippen LogP contribution >= 0.6 is 0 Å². The minimum atomic E-state index is -1.59. The number of aliphatic carboxylic acids is 1. The van der Waals surface area contributed by atoms with Crippen molar-refractivity contribution in [2.24, 2.45) is 11.5 Å². The molecule has 0 aliphatic rings. The Morgan fingerprint density at radius 1 is 1.14 bits per heavy atom. The smallest absolute Gasteiger partial charge is 0.326 e. The van der Waals surface area contributed by atoms with E-state index in [0.29, 0.717) is 4.90 Å². The number of ether oxygens (including phenoxy) is 1. The molecule has 0 aromatic heterocycles. The standard InChI is InChI=1S/C10H16N4O7/c1-21-8(17)2-5(9(18)19)13-10(20)14(3-6(11)15)4-7(12)16/h5H,2-4H2,1H3,(H2,11,15)(H2,12,16)(H,13,20)(H,18,19)/t5-/m0/s1. The van der Waals surface area contributed by atoms with Crippen LogP contribution in [0.1, 0.15) is 6.42 Å². The number of hydrogen-bond acceptors (Lipinski definition) is 6. The van der Waals surface area contributed by atoms with E-state index in [1.807, 2.05) is 5.32 Å². The topological polar surface area (TPSA) is 182 Å². The molecule has 21 heavy (non-hydrogen) atoms. The van der Waals surface area contributed by atoms with Crippen molar-refractivity contribution in [1.29, 1.82) is 0 Å². The third-order valence-corrected chi connectivity index (χ3v) is 2.17. The highest BCUT2D eigenvalue weighted by molar-refractivity contribution is 5.90. The summed E-state index contributed by atoms with van der Waals surface area (Å²) in [5.41, 5.74) is 9.79. The lowest BCUT2D eigenvalue weighted by Crippen LogP contribution is -2.52. The lowest BCUT2D eigenvalue weighted by atomic mass is 10.2. The number of urea groups is 1. The van der Waals surface area contributed by atoms with Gasteiger partial charge in [-0.05, 0) is 0 Å². The molecule has 0 bridgehead atoms. The number of carboxylic acid groups (broad SMARTS) is 1. The second-order valence-corrected chi connectivity index (χ2v) is 3.91. The van der Waals surface area contributed by atoms with Gasteiger partial charge in [0.25, 0.3) is 0 Å². The van der Waals surface area contributed by atoms with Crippen LogP contribution in [0.15, 0.2) is 0 Å². The van der Waals surface area contributed by atoms with Gasteiger partial charge in [-0.15, -0.1) is 0 Å². The second kappa shape index (κ2) is 8.35. The van der Waals surface area contributed by atoms with Gasteiger partial charge >= 0.3 is 18.0 Å². The Morgan fingerprint density at radius 2 is 1.62 bits per heavy atom. The van der Waals surface area contributed by atoms with Crippen molar-refractivity contribution in [1.82, 2.24) is 10.2 Å². The monoisotopic (exact) mass is 304 g/mol. The largest absolute Gasteiger partial charge is 0.480 e. The Kier molecular flexibility index (Phi) is 7.21.